The Kier molecular flexibility index (Phi) is 4.66. The standard InChI is InChI=1S/C21H22FNO3/c1-24-19-4-2-3-15-13-18(26-20(15)19)14-23-21(9-11-25-12-10-21)16-5-7-17(22)8-6-16/h2-8,13,23H,9-12,14H2,1H3. The number of hydrogen-bond donors (Lipinski definition) is 1. The molecule has 0 unspecified atom stereocenters. The molecule has 2 heterocycles. The topological polar surface area (TPSA) is 43.6 Å². The second-order valence-corrected chi connectivity index (χ2v) is 6.65. The first-order valence-electron chi connectivity index (χ1n) is 8.84. The van der Waals surface area contributed by atoms with Gasteiger partial charge in [0.05, 0.1) is 13.7 Å². The quantitative estimate of drug-likeness (QED) is 0.738. The molecule has 0 atom stereocenters. The van der Waals surface area contributed by atoms with Crippen LogP contribution in [-0.4, -0.2) is 20.3 Å². The minimum Gasteiger partial charge on any atom is -0.493 e. The minimum absolute atomic E-state index is 0.222. The number of nitrogens with one attached hydrogen (secondary N) is 1. The normalized spacial score (nSPS) is 16.7. The van der Waals surface area contributed by atoms with Crippen molar-refractivity contribution in [2.75, 3.05) is 20.3 Å². The van der Waals surface area contributed by atoms with Gasteiger partial charge in [-0.3, -0.25) is 0 Å². The lowest BCUT2D eigenvalue weighted by atomic mass is 9.82. The number of benzene rings is 2. The van der Waals surface area contributed by atoms with E-state index in [-0.39, 0.29) is 11.4 Å². The zero-order valence-corrected chi connectivity index (χ0v) is 14.8. The van der Waals surface area contributed by atoms with E-state index in [1.807, 2.05) is 36.4 Å². The third-order valence-electron chi connectivity index (χ3n) is 5.12. The summed E-state index contributed by atoms with van der Waals surface area (Å²) >= 11 is 0. The van der Waals surface area contributed by atoms with Crippen molar-refractivity contribution >= 4 is 11.0 Å². The molecule has 1 N–H and O–H groups in total. The van der Waals surface area contributed by atoms with Gasteiger partial charge in [0.1, 0.15) is 11.6 Å². The SMILES string of the molecule is COc1cccc2cc(CNC3(c4ccc(F)cc4)CCOCC3)oc12. The number of fused-ring (bicyclic) bond motifs is 1. The number of hydrogen-bond acceptors (Lipinski definition) is 4. The zero-order valence-electron chi connectivity index (χ0n) is 14.8. The van der Waals surface area contributed by atoms with Gasteiger partial charge in [0, 0.05) is 24.1 Å². The predicted octanol–water partition coefficient (Wildman–Crippen LogP) is 4.38. The maximum absolute atomic E-state index is 13.3. The van der Waals surface area contributed by atoms with Gasteiger partial charge in [0.25, 0.3) is 0 Å². The molecule has 5 heteroatoms. The fraction of sp³-hybridized carbons (Fsp3) is 0.333. The van der Waals surface area contributed by atoms with E-state index < -0.39 is 0 Å². The van der Waals surface area contributed by atoms with E-state index in [2.05, 4.69) is 5.32 Å². The Labute approximate surface area is 151 Å². The van der Waals surface area contributed by atoms with Crippen molar-refractivity contribution in [3.8, 4) is 5.75 Å². The summed E-state index contributed by atoms with van der Waals surface area (Å²) in [6, 6.07) is 14.6. The van der Waals surface area contributed by atoms with Crippen LogP contribution in [0.25, 0.3) is 11.0 Å². The van der Waals surface area contributed by atoms with Gasteiger partial charge in [-0.2, -0.15) is 0 Å². The highest BCUT2D eigenvalue weighted by atomic mass is 19.1. The molecule has 0 aliphatic carbocycles. The lowest BCUT2D eigenvalue weighted by molar-refractivity contribution is 0.0351. The Morgan fingerprint density at radius 2 is 1.88 bits per heavy atom. The van der Waals surface area contributed by atoms with Crippen LogP contribution in [0.4, 0.5) is 4.39 Å². The first-order valence-corrected chi connectivity index (χ1v) is 8.84. The van der Waals surface area contributed by atoms with E-state index in [9.17, 15) is 4.39 Å². The largest absolute Gasteiger partial charge is 0.493 e. The van der Waals surface area contributed by atoms with Crippen LogP contribution in [0.15, 0.2) is 52.9 Å². The van der Waals surface area contributed by atoms with Crippen molar-refractivity contribution in [2.45, 2.75) is 24.9 Å². The Balaban J connectivity index is 1.60. The first-order chi connectivity index (χ1) is 12.7. The third-order valence-corrected chi connectivity index (χ3v) is 5.12. The Morgan fingerprint density at radius 1 is 1.12 bits per heavy atom. The molecule has 3 aromatic rings. The number of rotatable bonds is 5. The fourth-order valence-corrected chi connectivity index (χ4v) is 3.65. The van der Waals surface area contributed by atoms with E-state index in [4.69, 9.17) is 13.9 Å². The van der Waals surface area contributed by atoms with Gasteiger partial charge in [0.2, 0.25) is 0 Å². The average molecular weight is 355 g/mol. The van der Waals surface area contributed by atoms with Crippen LogP contribution in [0.5, 0.6) is 5.75 Å². The monoisotopic (exact) mass is 355 g/mol. The van der Waals surface area contributed by atoms with Crippen LogP contribution < -0.4 is 10.1 Å². The lowest BCUT2D eigenvalue weighted by Gasteiger charge is -2.38. The summed E-state index contributed by atoms with van der Waals surface area (Å²) in [6.07, 6.45) is 1.67. The molecule has 0 saturated carbocycles. The van der Waals surface area contributed by atoms with Crippen molar-refractivity contribution in [3.63, 3.8) is 0 Å². The van der Waals surface area contributed by atoms with Gasteiger partial charge in [-0.15, -0.1) is 0 Å². The van der Waals surface area contributed by atoms with Crippen molar-refractivity contribution in [1.82, 2.24) is 5.32 Å². The van der Waals surface area contributed by atoms with Crippen LogP contribution >= 0.6 is 0 Å². The van der Waals surface area contributed by atoms with E-state index in [1.165, 1.54) is 12.1 Å². The third kappa shape index (κ3) is 3.20. The van der Waals surface area contributed by atoms with Gasteiger partial charge < -0.3 is 19.2 Å². The van der Waals surface area contributed by atoms with Crippen molar-refractivity contribution in [2.24, 2.45) is 0 Å². The van der Waals surface area contributed by atoms with Gasteiger partial charge in [-0.1, -0.05) is 24.3 Å². The van der Waals surface area contributed by atoms with E-state index in [0.717, 1.165) is 40.9 Å². The fourth-order valence-electron chi connectivity index (χ4n) is 3.65. The molecule has 1 fully saturated rings. The molecule has 1 aliphatic rings. The summed E-state index contributed by atoms with van der Waals surface area (Å²) < 4.78 is 30.3. The maximum atomic E-state index is 13.3. The van der Waals surface area contributed by atoms with Gasteiger partial charge in [-0.25, -0.2) is 4.39 Å². The highest BCUT2D eigenvalue weighted by Gasteiger charge is 2.34. The summed E-state index contributed by atoms with van der Waals surface area (Å²) in [6.45, 7) is 1.94. The number of methoxy groups -OCH3 is 1. The van der Waals surface area contributed by atoms with Crippen LogP contribution in [0.2, 0.25) is 0 Å². The molecule has 0 amide bonds. The average Bonchev–Trinajstić information content (AvgIpc) is 3.11. The summed E-state index contributed by atoms with van der Waals surface area (Å²) in [5.41, 5.74) is 1.60. The molecule has 4 nitrogen and oxygen atoms in total. The lowest BCUT2D eigenvalue weighted by Crippen LogP contribution is -2.46. The number of halogens is 1. The summed E-state index contributed by atoms with van der Waals surface area (Å²) in [5.74, 6) is 1.35. The Hall–Kier alpha value is -2.37. The maximum Gasteiger partial charge on any atom is 0.176 e. The second kappa shape index (κ2) is 7.09. The molecule has 0 spiro atoms. The molecule has 136 valence electrons. The van der Waals surface area contributed by atoms with Crippen LogP contribution in [0, 0.1) is 5.82 Å². The summed E-state index contributed by atoms with van der Waals surface area (Å²) in [5, 5.41) is 4.67. The Bertz CT molecular complexity index is 882. The molecular formula is C21H22FNO3. The van der Waals surface area contributed by atoms with Crippen molar-refractivity contribution < 1.29 is 18.3 Å². The van der Waals surface area contributed by atoms with Crippen LogP contribution in [0.3, 0.4) is 0 Å². The van der Waals surface area contributed by atoms with Gasteiger partial charge in [0.15, 0.2) is 11.3 Å². The molecule has 1 aliphatic heterocycles. The summed E-state index contributed by atoms with van der Waals surface area (Å²) in [7, 11) is 1.64. The van der Waals surface area contributed by atoms with Crippen molar-refractivity contribution in [3.05, 3.63) is 65.7 Å². The first kappa shape index (κ1) is 17.1. The molecule has 4 rings (SSSR count). The smallest absolute Gasteiger partial charge is 0.176 e. The molecule has 26 heavy (non-hydrogen) atoms. The molecular weight excluding hydrogens is 333 g/mol. The van der Waals surface area contributed by atoms with E-state index in [1.54, 1.807) is 7.11 Å². The molecule has 1 aromatic heterocycles. The van der Waals surface area contributed by atoms with Gasteiger partial charge >= 0.3 is 0 Å². The molecule has 0 bridgehead atoms. The number of furan rings is 1. The van der Waals surface area contributed by atoms with Crippen LogP contribution in [-0.2, 0) is 16.8 Å². The second-order valence-electron chi connectivity index (χ2n) is 6.65. The predicted molar refractivity (Wildman–Crippen MR) is 97.7 cm³/mol. The highest BCUT2D eigenvalue weighted by molar-refractivity contribution is 5.83. The van der Waals surface area contributed by atoms with E-state index >= 15 is 0 Å². The highest BCUT2D eigenvalue weighted by Crippen LogP contribution is 2.34. The van der Waals surface area contributed by atoms with E-state index in [0.29, 0.717) is 19.8 Å². The minimum atomic E-state index is -0.241. The van der Waals surface area contributed by atoms with Crippen molar-refractivity contribution in [1.29, 1.82) is 0 Å². The van der Waals surface area contributed by atoms with Crippen LogP contribution in [0.1, 0.15) is 24.2 Å². The molecule has 0 radical (unpaired) electrons. The van der Waals surface area contributed by atoms with Gasteiger partial charge in [-0.05, 0) is 42.7 Å². The number of ether oxygens (including phenoxy) is 2. The number of para-hydroxylation sites is 1. The Morgan fingerprint density at radius 3 is 2.62 bits per heavy atom. The molecule has 2 aromatic carbocycles. The molecule has 1 saturated heterocycles. The zero-order chi connectivity index (χ0) is 18.0. The summed E-state index contributed by atoms with van der Waals surface area (Å²) in [4.78, 5) is 0.